The normalized spacial score (nSPS) is 28.2. The van der Waals surface area contributed by atoms with Crippen molar-refractivity contribution in [1.82, 2.24) is 9.80 Å². The molecule has 0 aromatic heterocycles. The van der Waals surface area contributed by atoms with E-state index in [4.69, 9.17) is 0 Å². The lowest BCUT2D eigenvalue weighted by Crippen LogP contribution is -2.71. The molecule has 3 fully saturated rings. The van der Waals surface area contributed by atoms with Gasteiger partial charge in [0.15, 0.2) is 0 Å². The summed E-state index contributed by atoms with van der Waals surface area (Å²) in [5.41, 5.74) is 0. The van der Waals surface area contributed by atoms with E-state index in [-0.39, 0.29) is 12.5 Å². The molecule has 3 saturated heterocycles. The number of nitrogens with zero attached hydrogens (tertiary/aromatic N) is 3. The highest BCUT2D eigenvalue weighted by molar-refractivity contribution is 7.92. The Bertz CT molecular complexity index is 434. The Balaban J connectivity index is 1.94. The Morgan fingerprint density at radius 3 is 2.33 bits per heavy atom. The summed E-state index contributed by atoms with van der Waals surface area (Å²) in [6.07, 6.45) is 4.25. The standard InChI is InChI=1S/C12H23N3O2S/c1-9(2)14-7-10-5-11(8-14)15(10)12(16)6-13-18(3,4)17/h9-11H,5-8H2,1-4H3. The minimum absolute atomic E-state index is 0.0380. The lowest BCUT2D eigenvalue weighted by molar-refractivity contribution is -0.153. The third kappa shape index (κ3) is 2.85. The SMILES string of the molecule is CC(C)N1CC2CC(C1)N2C(=O)CN=S(C)(C)=O. The molecule has 3 rings (SSSR count). The van der Waals surface area contributed by atoms with Crippen molar-refractivity contribution >= 4 is 15.6 Å². The van der Waals surface area contributed by atoms with Gasteiger partial charge in [0.2, 0.25) is 5.91 Å². The van der Waals surface area contributed by atoms with E-state index >= 15 is 0 Å². The van der Waals surface area contributed by atoms with E-state index in [0.29, 0.717) is 18.1 Å². The highest BCUT2D eigenvalue weighted by Gasteiger charge is 2.47. The molecule has 0 aliphatic carbocycles. The summed E-state index contributed by atoms with van der Waals surface area (Å²) < 4.78 is 15.4. The molecule has 0 aromatic carbocycles. The van der Waals surface area contributed by atoms with Crippen LogP contribution < -0.4 is 0 Å². The van der Waals surface area contributed by atoms with Crippen LogP contribution in [0.25, 0.3) is 0 Å². The molecule has 2 atom stereocenters. The van der Waals surface area contributed by atoms with E-state index in [2.05, 4.69) is 23.1 Å². The van der Waals surface area contributed by atoms with Crippen molar-refractivity contribution in [1.29, 1.82) is 0 Å². The van der Waals surface area contributed by atoms with Crippen LogP contribution in [0.5, 0.6) is 0 Å². The number of carbonyl (C=O) groups excluding carboxylic acids is 1. The molecular formula is C12H23N3O2S. The smallest absolute Gasteiger partial charge is 0.245 e. The van der Waals surface area contributed by atoms with E-state index in [1.165, 1.54) is 0 Å². The average Bonchev–Trinajstić information content (AvgIpc) is 2.25. The van der Waals surface area contributed by atoms with Crippen LogP contribution in [0.4, 0.5) is 0 Å². The maximum atomic E-state index is 12.1. The fourth-order valence-corrected chi connectivity index (χ4v) is 3.18. The van der Waals surface area contributed by atoms with Gasteiger partial charge in [-0.15, -0.1) is 0 Å². The van der Waals surface area contributed by atoms with Gasteiger partial charge in [0.1, 0.15) is 6.54 Å². The fraction of sp³-hybridized carbons (Fsp3) is 0.917. The molecule has 3 heterocycles. The first-order valence-corrected chi connectivity index (χ1v) is 8.79. The zero-order valence-electron chi connectivity index (χ0n) is 11.6. The molecule has 104 valence electrons. The third-order valence-electron chi connectivity index (χ3n) is 3.75. The van der Waals surface area contributed by atoms with Crippen molar-refractivity contribution in [3.63, 3.8) is 0 Å². The molecule has 3 aliphatic rings. The first-order valence-electron chi connectivity index (χ1n) is 6.46. The first-order chi connectivity index (χ1) is 8.28. The third-order valence-corrected chi connectivity index (χ3v) is 4.50. The lowest BCUT2D eigenvalue weighted by atomic mass is 9.86. The van der Waals surface area contributed by atoms with E-state index in [1.807, 2.05) is 4.90 Å². The number of carbonyl (C=O) groups is 1. The number of fused-ring (bicyclic) bond motifs is 2. The summed E-state index contributed by atoms with van der Waals surface area (Å²) in [6, 6.07) is 1.24. The molecule has 2 bridgehead atoms. The average molecular weight is 273 g/mol. The van der Waals surface area contributed by atoms with Gasteiger partial charge in [-0.3, -0.25) is 13.9 Å². The number of piperidine rings is 1. The molecule has 0 spiro atoms. The highest BCUT2D eigenvalue weighted by Crippen LogP contribution is 2.33. The summed E-state index contributed by atoms with van der Waals surface area (Å²) in [4.78, 5) is 16.4. The van der Waals surface area contributed by atoms with Crippen molar-refractivity contribution in [2.24, 2.45) is 4.36 Å². The Labute approximate surface area is 110 Å². The monoisotopic (exact) mass is 273 g/mol. The van der Waals surface area contributed by atoms with Crippen LogP contribution in [-0.4, -0.2) is 70.2 Å². The van der Waals surface area contributed by atoms with Gasteiger partial charge in [0, 0.05) is 53.5 Å². The Kier molecular flexibility index (Phi) is 3.69. The van der Waals surface area contributed by atoms with Crippen molar-refractivity contribution < 1.29 is 9.00 Å². The van der Waals surface area contributed by atoms with Crippen molar-refractivity contribution in [3.05, 3.63) is 0 Å². The van der Waals surface area contributed by atoms with Gasteiger partial charge in [-0.2, -0.15) is 0 Å². The van der Waals surface area contributed by atoms with Crippen molar-refractivity contribution in [3.8, 4) is 0 Å². The van der Waals surface area contributed by atoms with Crippen LogP contribution in [0, 0.1) is 0 Å². The summed E-state index contributed by atoms with van der Waals surface area (Å²) in [6.45, 7) is 6.38. The second kappa shape index (κ2) is 4.81. The number of hydrogen-bond acceptors (Lipinski definition) is 4. The highest BCUT2D eigenvalue weighted by atomic mass is 32.2. The van der Waals surface area contributed by atoms with Crippen LogP contribution in [-0.2, 0) is 14.5 Å². The number of rotatable bonds is 3. The minimum atomic E-state index is -2.17. The van der Waals surface area contributed by atoms with Gasteiger partial charge in [0.05, 0.1) is 0 Å². The van der Waals surface area contributed by atoms with Gasteiger partial charge >= 0.3 is 0 Å². The van der Waals surface area contributed by atoms with E-state index in [0.717, 1.165) is 19.5 Å². The van der Waals surface area contributed by atoms with Gasteiger partial charge in [0.25, 0.3) is 0 Å². The molecule has 0 N–H and O–H groups in total. The van der Waals surface area contributed by atoms with Crippen LogP contribution in [0.15, 0.2) is 4.36 Å². The largest absolute Gasteiger partial charge is 0.332 e. The zero-order chi connectivity index (χ0) is 13.5. The van der Waals surface area contributed by atoms with Gasteiger partial charge in [-0.1, -0.05) is 0 Å². The van der Waals surface area contributed by atoms with Crippen LogP contribution in [0.2, 0.25) is 0 Å². The second-order valence-electron chi connectivity index (χ2n) is 5.86. The van der Waals surface area contributed by atoms with Crippen molar-refractivity contribution in [2.45, 2.75) is 38.4 Å². The minimum Gasteiger partial charge on any atom is -0.332 e. The summed E-state index contributed by atoms with van der Waals surface area (Å²) in [7, 11) is -2.17. The van der Waals surface area contributed by atoms with Gasteiger partial charge < -0.3 is 4.90 Å². The van der Waals surface area contributed by atoms with Crippen molar-refractivity contribution in [2.75, 3.05) is 32.1 Å². The topological polar surface area (TPSA) is 53.0 Å². The molecule has 0 saturated carbocycles. The van der Waals surface area contributed by atoms with Crippen LogP contribution >= 0.6 is 0 Å². The van der Waals surface area contributed by atoms with Gasteiger partial charge in [-0.05, 0) is 20.3 Å². The number of hydrogen-bond donors (Lipinski definition) is 0. The maximum Gasteiger partial charge on any atom is 0.245 e. The number of piperazine rings is 1. The molecule has 2 unspecified atom stereocenters. The van der Waals surface area contributed by atoms with Gasteiger partial charge in [-0.25, -0.2) is 4.36 Å². The molecule has 0 radical (unpaired) electrons. The van der Waals surface area contributed by atoms with E-state index in [1.54, 1.807) is 12.5 Å². The van der Waals surface area contributed by atoms with Crippen LogP contribution in [0.3, 0.4) is 0 Å². The summed E-state index contributed by atoms with van der Waals surface area (Å²) in [5, 5.41) is 0. The molecule has 6 heteroatoms. The predicted octanol–water partition coefficient (Wildman–Crippen LogP) is 0.408. The second-order valence-corrected chi connectivity index (χ2v) is 8.48. The molecule has 3 aliphatic heterocycles. The maximum absolute atomic E-state index is 12.1. The molecule has 0 aromatic rings. The summed E-state index contributed by atoms with van der Waals surface area (Å²) >= 11 is 0. The quantitative estimate of drug-likeness (QED) is 0.748. The van der Waals surface area contributed by atoms with Crippen LogP contribution in [0.1, 0.15) is 20.3 Å². The first kappa shape index (κ1) is 13.8. The lowest BCUT2D eigenvalue weighted by Gasteiger charge is -2.57. The predicted molar refractivity (Wildman–Crippen MR) is 73.0 cm³/mol. The molecule has 18 heavy (non-hydrogen) atoms. The fourth-order valence-electron chi connectivity index (χ4n) is 2.76. The van der Waals surface area contributed by atoms with E-state index in [9.17, 15) is 9.00 Å². The van der Waals surface area contributed by atoms with E-state index < -0.39 is 9.73 Å². The zero-order valence-corrected chi connectivity index (χ0v) is 12.4. The molecule has 1 amide bonds. The molecule has 5 nitrogen and oxygen atoms in total. The summed E-state index contributed by atoms with van der Waals surface area (Å²) in [5.74, 6) is 0.0380. The Morgan fingerprint density at radius 1 is 1.33 bits per heavy atom. The Hall–Kier alpha value is -0.620. The molecular weight excluding hydrogens is 250 g/mol. The Morgan fingerprint density at radius 2 is 1.89 bits per heavy atom. The number of amides is 1.